The van der Waals surface area contributed by atoms with Crippen LogP contribution in [0.2, 0.25) is 5.02 Å². The standard InChI is InChI=1S/C25H16BrClFN3O5/c26-18-12-14(5-10-21(18)36-13-22(32)29-20-4-2-1-3-19(20)27)11-17-23(33)30-25(35)31(24(17)34)16-8-6-15(28)7-9-16/h1-12H,13H2,(H,29,32)(H,30,33,35)/b17-11+. The molecule has 0 atom stereocenters. The zero-order valence-corrected chi connectivity index (χ0v) is 20.6. The quantitative estimate of drug-likeness (QED) is 0.322. The Bertz CT molecular complexity index is 1410. The minimum atomic E-state index is -0.936. The maximum absolute atomic E-state index is 13.2. The maximum atomic E-state index is 13.2. The molecule has 5 amide bonds. The van der Waals surface area contributed by atoms with Gasteiger partial charge in [-0.25, -0.2) is 14.1 Å². The summed E-state index contributed by atoms with van der Waals surface area (Å²) < 4.78 is 19.2. The molecule has 0 saturated carbocycles. The number of barbiturate groups is 1. The fourth-order valence-electron chi connectivity index (χ4n) is 3.26. The Morgan fingerprint density at radius 1 is 1.08 bits per heavy atom. The average Bonchev–Trinajstić information content (AvgIpc) is 2.84. The summed E-state index contributed by atoms with van der Waals surface area (Å²) in [5, 5.41) is 5.14. The van der Waals surface area contributed by atoms with Crippen LogP contribution in [0.1, 0.15) is 5.56 Å². The van der Waals surface area contributed by atoms with Gasteiger partial charge in [0, 0.05) is 0 Å². The van der Waals surface area contributed by atoms with Crippen LogP contribution in [-0.4, -0.2) is 30.4 Å². The lowest BCUT2D eigenvalue weighted by atomic mass is 10.1. The third-order valence-corrected chi connectivity index (χ3v) is 5.91. The van der Waals surface area contributed by atoms with Crippen LogP contribution in [0, 0.1) is 5.82 Å². The molecule has 0 aliphatic carbocycles. The lowest BCUT2D eigenvalue weighted by molar-refractivity contribution is -0.122. The van der Waals surface area contributed by atoms with Gasteiger partial charge in [-0.3, -0.25) is 19.7 Å². The molecule has 11 heteroatoms. The molecule has 182 valence electrons. The molecule has 3 aromatic carbocycles. The summed E-state index contributed by atoms with van der Waals surface area (Å²) in [5.41, 5.74) is 0.718. The van der Waals surface area contributed by atoms with E-state index >= 15 is 0 Å². The molecule has 4 rings (SSSR count). The summed E-state index contributed by atoms with van der Waals surface area (Å²) in [6.45, 7) is -0.292. The molecule has 3 aromatic rings. The fraction of sp³-hybridized carbons (Fsp3) is 0.0400. The van der Waals surface area contributed by atoms with Crippen molar-refractivity contribution in [3.05, 3.63) is 93.2 Å². The highest BCUT2D eigenvalue weighted by atomic mass is 79.9. The van der Waals surface area contributed by atoms with Crippen LogP contribution in [0.15, 0.2) is 76.8 Å². The van der Waals surface area contributed by atoms with Crippen molar-refractivity contribution in [3.63, 3.8) is 0 Å². The first-order valence-electron chi connectivity index (χ1n) is 10.4. The number of hydrogen-bond donors (Lipinski definition) is 2. The van der Waals surface area contributed by atoms with E-state index in [2.05, 4.69) is 26.6 Å². The number of hydrogen-bond acceptors (Lipinski definition) is 5. The first kappa shape index (κ1) is 25.1. The average molecular weight is 573 g/mol. The van der Waals surface area contributed by atoms with Crippen LogP contribution in [0.5, 0.6) is 5.75 Å². The fourth-order valence-corrected chi connectivity index (χ4v) is 3.96. The van der Waals surface area contributed by atoms with Gasteiger partial charge in [0.2, 0.25) is 0 Å². The molecule has 0 aromatic heterocycles. The molecular weight excluding hydrogens is 557 g/mol. The van der Waals surface area contributed by atoms with Gasteiger partial charge in [0.05, 0.1) is 20.9 Å². The van der Waals surface area contributed by atoms with E-state index in [1.165, 1.54) is 18.2 Å². The minimum absolute atomic E-state index is 0.109. The predicted octanol–water partition coefficient (Wildman–Crippen LogP) is 4.93. The van der Waals surface area contributed by atoms with Gasteiger partial charge < -0.3 is 10.1 Å². The van der Waals surface area contributed by atoms with Crippen LogP contribution in [-0.2, 0) is 14.4 Å². The van der Waals surface area contributed by atoms with Crippen molar-refractivity contribution in [2.45, 2.75) is 0 Å². The number of imide groups is 2. The van der Waals surface area contributed by atoms with Gasteiger partial charge in [-0.05, 0) is 76.1 Å². The molecule has 0 spiro atoms. The highest BCUT2D eigenvalue weighted by Crippen LogP contribution is 2.28. The molecule has 1 fully saturated rings. The lowest BCUT2D eigenvalue weighted by Crippen LogP contribution is -2.54. The van der Waals surface area contributed by atoms with E-state index < -0.39 is 29.6 Å². The SMILES string of the molecule is O=C(COc1ccc(/C=C2\C(=O)NC(=O)N(c3ccc(F)cc3)C2=O)cc1Br)Nc1ccccc1Cl. The number of ether oxygens (including phenoxy) is 1. The van der Waals surface area contributed by atoms with Gasteiger partial charge in [-0.15, -0.1) is 0 Å². The number of amides is 5. The van der Waals surface area contributed by atoms with Gasteiger partial charge in [0.1, 0.15) is 17.1 Å². The van der Waals surface area contributed by atoms with Crippen molar-refractivity contribution < 1.29 is 28.3 Å². The molecule has 0 unspecified atom stereocenters. The van der Waals surface area contributed by atoms with Gasteiger partial charge in [-0.1, -0.05) is 29.8 Å². The normalized spacial score (nSPS) is 14.6. The van der Waals surface area contributed by atoms with Crippen LogP contribution >= 0.6 is 27.5 Å². The second-order valence-electron chi connectivity index (χ2n) is 7.44. The van der Waals surface area contributed by atoms with Crippen LogP contribution < -0.4 is 20.3 Å². The Labute approximate surface area is 217 Å². The number of urea groups is 1. The van der Waals surface area contributed by atoms with Crippen molar-refractivity contribution in [2.75, 3.05) is 16.8 Å². The second kappa shape index (κ2) is 10.7. The van der Waals surface area contributed by atoms with E-state index in [9.17, 15) is 23.6 Å². The molecular formula is C25H16BrClFN3O5. The summed E-state index contributed by atoms with van der Waals surface area (Å²) in [5.74, 6) is -2.34. The van der Waals surface area contributed by atoms with Crippen LogP contribution in [0.4, 0.5) is 20.6 Å². The number of carbonyl (C=O) groups excluding carboxylic acids is 4. The molecule has 1 heterocycles. The van der Waals surface area contributed by atoms with Crippen molar-refractivity contribution in [1.82, 2.24) is 5.32 Å². The Balaban J connectivity index is 1.48. The number of nitrogens with zero attached hydrogens (tertiary/aromatic N) is 1. The molecule has 36 heavy (non-hydrogen) atoms. The number of rotatable bonds is 6. The van der Waals surface area contributed by atoms with E-state index in [4.69, 9.17) is 16.3 Å². The zero-order chi connectivity index (χ0) is 25.8. The van der Waals surface area contributed by atoms with Gasteiger partial charge in [0.15, 0.2) is 6.61 Å². The van der Waals surface area contributed by atoms with Crippen molar-refractivity contribution >= 4 is 68.7 Å². The molecule has 8 nitrogen and oxygen atoms in total. The second-order valence-corrected chi connectivity index (χ2v) is 8.70. The molecule has 1 saturated heterocycles. The first-order chi connectivity index (χ1) is 17.2. The van der Waals surface area contributed by atoms with E-state index in [-0.39, 0.29) is 17.9 Å². The Morgan fingerprint density at radius 3 is 2.50 bits per heavy atom. The Hall–Kier alpha value is -4.02. The number of halogens is 3. The van der Waals surface area contributed by atoms with Crippen molar-refractivity contribution in [2.24, 2.45) is 0 Å². The van der Waals surface area contributed by atoms with E-state index in [0.717, 1.165) is 17.0 Å². The van der Waals surface area contributed by atoms with Crippen molar-refractivity contribution in [1.29, 1.82) is 0 Å². The van der Waals surface area contributed by atoms with Crippen LogP contribution in [0.3, 0.4) is 0 Å². The maximum Gasteiger partial charge on any atom is 0.335 e. The lowest BCUT2D eigenvalue weighted by Gasteiger charge is -2.26. The number of benzene rings is 3. The van der Waals surface area contributed by atoms with Crippen molar-refractivity contribution in [3.8, 4) is 5.75 Å². The third-order valence-electron chi connectivity index (χ3n) is 4.96. The number of carbonyl (C=O) groups is 4. The predicted molar refractivity (Wildman–Crippen MR) is 135 cm³/mol. The highest BCUT2D eigenvalue weighted by Gasteiger charge is 2.36. The van der Waals surface area contributed by atoms with Gasteiger partial charge >= 0.3 is 6.03 Å². The Kier molecular flexibility index (Phi) is 7.47. The smallest absolute Gasteiger partial charge is 0.335 e. The largest absolute Gasteiger partial charge is 0.483 e. The van der Waals surface area contributed by atoms with E-state index in [1.54, 1.807) is 42.5 Å². The summed E-state index contributed by atoms with van der Waals surface area (Å²) in [7, 11) is 0. The molecule has 0 bridgehead atoms. The molecule has 1 aliphatic heterocycles. The molecule has 1 aliphatic rings. The molecule has 0 radical (unpaired) electrons. The summed E-state index contributed by atoms with van der Waals surface area (Å²) >= 11 is 9.37. The van der Waals surface area contributed by atoms with E-state index in [0.29, 0.717) is 26.5 Å². The highest BCUT2D eigenvalue weighted by molar-refractivity contribution is 9.10. The topological polar surface area (TPSA) is 105 Å². The first-order valence-corrected chi connectivity index (χ1v) is 11.5. The Morgan fingerprint density at radius 2 is 1.81 bits per heavy atom. The number of anilines is 2. The van der Waals surface area contributed by atoms with Gasteiger partial charge in [-0.2, -0.15) is 0 Å². The summed E-state index contributed by atoms with van der Waals surface area (Å²) in [6, 6.07) is 15.2. The number of para-hydroxylation sites is 1. The monoisotopic (exact) mass is 571 g/mol. The zero-order valence-electron chi connectivity index (χ0n) is 18.3. The third kappa shape index (κ3) is 5.61. The molecule has 2 N–H and O–H groups in total. The summed E-state index contributed by atoms with van der Waals surface area (Å²) in [6.07, 6.45) is 1.30. The minimum Gasteiger partial charge on any atom is -0.483 e. The van der Waals surface area contributed by atoms with Crippen LogP contribution in [0.25, 0.3) is 6.08 Å². The number of nitrogens with one attached hydrogen (secondary N) is 2. The summed E-state index contributed by atoms with van der Waals surface area (Å²) in [4.78, 5) is 50.5. The van der Waals surface area contributed by atoms with Gasteiger partial charge in [0.25, 0.3) is 17.7 Å². The van der Waals surface area contributed by atoms with E-state index in [1.807, 2.05) is 0 Å².